The van der Waals surface area contributed by atoms with Crippen LogP contribution in [0.1, 0.15) is 46.1 Å². The van der Waals surface area contributed by atoms with E-state index in [0.29, 0.717) is 16.5 Å². The van der Waals surface area contributed by atoms with Gasteiger partial charge in [0.05, 0.1) is 29.2 Å². The smallest absolute Gasteiger partial charge is 0.253 e. The fourth-order valence-electron chi connectivity index (χ4n) is 4.78. The Balaban J connectivity index is 1.28. The van der Waals surface area contributed by atoms with Crippen LogP contribution in [0.4, 0.5) is 0 Å². The molecule has 0 aliphatic carbocycles. The average molecular weight is 463 g/mol. The quantitative estimate of drug-likeness (QED) is 0.426. The van der Waals surface area contributed by atoms with Gasteiger partial charge in [-0.15, -0.1) is 0 Å². The van der Waals surface area contributed by atoms with Gasteiger partial charge in [0.25, 0.3) is 5.91 Å². The second-order valence-corrected chi connectivity index (χ2v) is 9.04. The molecule has 0 atom stereocenters. The van der Waals surface area contributed by atoms with Crippen molar-refractivity contribution in [3.8, 4) is 11.4 Å². The van der Waals surface area contributed by atoms with E-state index in [0.717, 1.165) is 54.3 Å². The summed E-state index contributed by atoms with van der Waals surface area (Å²) < 4.78 is 7.22. The summed E-state index contributed by atoms with van der Waals surface area (Å²) >= 11 is 6.28. The molecule has 33 heavy (non-hydrogen) atoms. The molecule has 0 spiro atoms. The van der Waals surface area contributed by atoms with E-state index in [1.54, 1.807) is 7.11 Å². The number of carbonyl (C=O) groups excluding carboxylic acids is 1. The molecule has 6 nitrogen and oxygen atoms in total. The number of likely N-dealkylation sites (tertiary alicyclic amines) is 1. The number of nitrogens with one attached hydrogen (secondary N) is 1. The third-order valence-corrected chi connectivity index (χ3v) is 7.25. The van der Waals surface area contributed by atoms with Gasteiger partial charge in [0.1, 0.15) is 5.75 Å². The summed E-state index contributed by atoms with van der Waals surface area (Å²) in [6, 6.07) is 13.7. The van der Waals surface area contributed by atoms with Crippen LogP contribution in [-0.4, -0.2) is 45.8 Å². The lowest BCUT2D eigenvalue weighted by Crippen LogP contribution is -2.37. The van der Waals surface area contributed by atoms with E-state index in [1.165, 1.54) is 10.9 Å². The van der Waals surface area contributed by atoms with Crippen LogP contribution in [0.5, 0.6) is 5.75 Å². The summed E-state index contributed by atoms with van der Waals surface area (Å²) in [5, 5.41) is 6.37. The monoisotopic (exact) mass is 462 g/mol. The van der Waals surface area contributed by atoms with Gasteiger partial charge in [0.2, 0.25) is 0 Å². The Kier molecular flexibility index (Phi) is 5.62. The van der Waals surface area contributed by atoms with E-state index >= 15 is 0 Å². The van der Waals surface area contributed by atoms with Crippen molar-refractivity contribution >= 4 is 28.4 Å². The molecule has 0 bridgehead atoms. The van der Waals surface area contributed by atoms with Crippen LogP contribution >= 0.6 is 11.6 Å². The molecule has 0 radical (unpaired) electrons. The van der Waals surface area contributed by atoms with Gasteiger partial charge in [-0.05, 0) is 80.6 Å². The summed E-state index contributed by atoms with van der Waals surface area (Å²) in [6.45, 7) is 5.32. The number of fused-ring (bicyclic) bond motifs is 1. The largest absolute Gasteiger partial charge is 0.497 e. The summed E-state index contributed by atoms with van der Waals surface area (Å²) in [5.41, 5.74) is 5.71. The van der Waals surface area contributed by atoms with Crippen molar-refractivity contribution < 1.29 is 9.53 Å². The Morgan fingerprint density at radius 2 is 1.85 bits per heavy atom. The molecule has 2 aromatic heterocycles. The third kappa shape index (κ3) is 3.89. The number of halogens is 1. The van der Waals surface area contributed by atoms with E-state index in [1.807, 2.05) is 53.8 Å². The highest BCUT2D eigenvalue weighted by atomic mass is 35.5. The summed E-state index contributed by atoms with van der Waals surface area (Å²) in [5.74, 6) is 1.36. The molecular formula is C26H27ClN4O2. The molecule has 2 aromatic carbocycles. The van der Waals surface area contributed by atoms with Crippen LogP contribution in [0.3, 0.4) is 0 Å². The summed E-state index contributed by atoms with van der Waals surface area (Å²) in [6.07, 6.45) is 3.99. The maximum absolute atomic E-state index is 13.1. The second kappa shape index (κ2) is 8.60. The van der Waals surface area contributed by atoms with Gasteiger partial charge in [-0.3, -0.25) is 4.79 Å². The molecule has 170 valence electrons. The molecule has 1 aliphatic rings. The maximum Gasteiger partial charge on any atom is 0.253 e. The highest BCUT2D eigenvalue weighted by molar-refractivity contribution is 6.31. The zero-order valence-electron chi connectivity index (χ0n) is 19.1. The fraction of sp³-hybridized carbons (Fsp3) is 0.308. The van der Waals surface area contributed by atoms with Crippen LogP contribution in [-0.2, 0) is 0 Å². The molecule has 0 unspecified atom stereocenters. The summed E-state index contributed by atoms with van der Waals surface area (Å²) in [7, 11) is 1.69. The minimum atomic E-state index is 0.0759. The Hall–Kier alpha value is -3.25. The van der Waals surface area contributed by atoms with Gasteiger partial charge in [0.15, 0.2) is 0 Å². The van der Waals surface area contributed by atoms with Gasteiger partial charge in [0, 0.05) is 35.8 Å². The number of hydrogen-bond acceptors (Lipinski definition) is 3. The van der Waals surface area contributed by atoms with E-state index in [-0.39, 0.29) is 5.91 Å². The second-order valence-electron chi connectivity index (χ2n) is 8.67. The lowest BCUT2D eigenvalue weighted by Gasteiger charge is -2.32. The van der Waals surface area contributed by atoms with Crippen molar-refractivity contribution in [1.82, 2.24) is 19.7 Å². The Morgan fingerprint density at radius 3 is 2.48 bits per heavy atom. The Bertz CT molecular complexity index is 1310. The van der Waals surface area contributed by atoms with Crippen LogP contribution in [0.2, 0.25) is 5.02 Å². The number of aryl methyl sites for hydroxylation is 1. The van der Waals surface area contributed by atoms with Gasteiger partial charge in [-0.1, -0.05) is 11.6 Å². The lowest BCUT2D eigenvalue weighted by molar-refractivity contribution is 0.0713. The average Bonchev–Trinajstić information content (AvgIpc) is 3.39. The van der Waals surface area contributed by atoms with Crippen molar-refractivity contribution in [2.45, 2.75) is 32.6 Å². The fourth-order valence-corrected chi connectivity index (χ4v) is 4.90. The van der Waals surface area contributed by atoms with Crippen LogP contribution in [0.15, 0.2) is 48.7 Å². The van der Waals surface area contributed by atoms with Crippen molar-refractivity contribution in [2.24, 2.45) is 0 Å². The first-order valence-electron chi connectivity index (χ1n) is 11.2. The van der Waals surface area contributed by atoms with E-state index in [2.05, 4.69) is 28.4 Å². The molecule has 1 N–H and O–H groups in total. The zero-order valence-corrected chi connectivity index (χ0v) is 19.8. The van der Waals surface area contributed by atoms with Gasteiger partial charge >= 0.3 is 0 Å². The molecule has 1 amide bonds. The summed E-state index contributed by atoms with van der Waals surface area (Å²) in [4.78, 5) is 18.5. The number of aromatic nitrogens is 3. The van der Waals surface area contributed by atoms with Crippen molar-refractivity contribution in [1.29, 1.82) is 0 Å². The Labute approximate surface area is 198 Å². The molecule has 7 heteroatoms. The SMILES string of the molecule is COc1ccc2[nH]cc(C3CCN(C(=O)c4ccc(-n5nc(C)c(Cl)c5C)cc4)CC3)c2c1. The topological polar surface area (TPSA) is 63.1 Å². The number of piperidine rings is 1. The molecule has 3 heterocycles. The number of methoxy groups -OCH3 is 1. The zero-order chi connectivity index (χ0) is 23.1. The molecule has 5 rings (SSSR count). The van der Waals surface area contributed by atoms with Crippen molar-refractivity contribution in [3.63, 3.8) is 0 Å². The number of carbonyl (C=O) groups is 1. The number of ether oxygens (including phenoxy) is 1. The maximum atomic E-state index is 13.1. The molecule has 4 aromatic rings. The first-order chi connectivity index (χ1) is 16.0. The molecule has 1 fully saturated rings. The number of rotatable bonds is 4. The first kappa shape index (κ1) is 21.6. The van der Waals surface area contributed by atoms with E-state index in [4.69, 9.17) is 16.3 Å². The molecular weight excluding hydrogens is 436 g/mol. The predicted molar refractivity (Wildman–Crippen MR) is 131 cm³/mol. The van der Waals surface area contributed by atoms with E-state index < -0.39 is 0 Å². The van der Waals surface area contributed by atoms with Crippen molar-refractivity contribution in [3.05, 3.63) is 76.2 Å². The number of aromatic amines is 1. The highest BCUT2D eigenvalue weighted by Gasteiger charge is 2.26. The normalized spacial score (nSPS) is 14.7. The predicted octanol–water partition coefficient (Wildman–Crippen LogP) is 5.65. The third-order valence-electron chi connectivity index (χ3n) is 6.70. The van der Waals surface area contributed by atoms with Crippen molar-refractivity contribution in [2.75, 3.05) is 20.2 Å². The lowest BCUT2D eigenvalue weighted by atomic mass is 9.89. The minimum Gasteiger partial charge on any atom is -0.497 e. The number of nitrogens with zero attached hydrogens (tertiary/aromatic N) is 3. The molecule has 1 saturated heterocycles. The van der Waals surface area contributed by atoms with Crippen LogP contribution in [0.25, 0.3) is 16.6 Å². The molecule has 1 aliphatic heterocycles. The minimum absolute atomic E-state index is 0.0759. The number of H-pyrrole nitrogens is 1. The van der Waals surface area contributed by atoms with Gasteiger partial charge in [-0.2, -0.15) is 5.10 Å². The van der Waals surface area contributed by atoms with Crippen LogP contribution in [0, 0.1) is 13.8 Å². The van der Waals surface area contributed by atoms with Gasteiger partial charge < -0.3 is 14.6 Å². The number of benzene rings is 2. The first-order valence-corrected chi connectivity index (χ1v) is 11.6. The van der Waals surface area contributed by atoms with E-state index in [9.17, 15) is 4.79 Å². The number of hydrogen-bond donors (Lipinski definition) is 1. The highest BCUT2D eigenvalue weighted by Crippen LogP contribution is 2.35. The molecule has 0 saturated carbocycles. The Morgan fingerprint density at radius 1 is 1.12 bits per heavy atom. The number of amides is 1. The van der Waals surface area contributed by atoms with Gasteiger partial charge in [-0.25, -0.2) is 4.68 Å². The van der Waals surface area contributed by atoms with Crippen LogP contribution < -0.4 is 4.74 Å². The standard InChI is InChI=1S/C26H27ClN4O2/c1-16-25(27)17(2)31(29-16)20-6-4-19(5-7-20)26(32)30-12-10-18(11-13-30)23-15-28-24-9-8-21(33-3)14-22(23)24/h4-9,14-15,18,28H,10-13H2,1-3H3.